The summed E-state index contributed by atoms with van der Waals surface area (Å²) in [5, 5.41) is 16.0. The molecule has 1 unspecified atom stereocenters. The molecule has 3 aromatic carbocycles. The molecule has 0 spiro atoms. The molecule has 2 aliphatic heterocycles. The van der Waals surface area contributed by atoms with E-state index in [4.69, 9.17) is 9.47 Å². The number of pyridine rings is 1. The third-order valence-corrected chi connectivity index (χ3v) is 14.3. The van der Waals surface area contributed by atoms with Gasteiger partial charge in [-0.3, -0.25) is 19.8 Å². The van der Waals surface area contributed by atoms with Gasteiger partial charge >= 0.3 is 0 Å². The zero-order valence-electron chi connectivity index (χ0n) is 34.1. The van der Waals surface area contributed by atoms with Crippen molar-refractivity contribution in [3.05, 3.63) is 124 Å². The molecule has 1 amide bonds. The third kappa shape index (κ3) is 9.36. The number of fused-ring (bicyclic) bond motifs is 1. The van der Waals surface area contributed by atoms with Crippen molar-refractivity contribution in [3.8, 4) is 11.5 Å². The number of likely N-dealkylation sites (tertiary alicyclic amines) is 1. The van der Waals surface area contributed by atoms with Crippen molar-refractivity contribution in [2.45, 2.75) is 93.0 Å². The Morgan fingerprint density at radius 2 is 1.75 bits per heavy atom. The number of nitro benzene ring substituents is 1. The van der Waals surface area contributed by atoms with Gasteiger partial charge in [-0.2, -0.15) is 0 Å². The molecule has 1 atom stereocenters. The number of H-pyrrole nitrogens is 1. The fraction of sp³-hybridized carbons (Fsp3) is 0.404. The van der Waals surface area contributed by atoms with Gasteiger partial charge in [0, 0.05) is 49.5 Å². The van der Waals surface area contributed by atoms with Gasteiger partial charge in [0.25, 0.3) is 21.6 Å². The van der Waals surface area contributed by atoms with Crippen LogP contribution in [-0.4, -0.2) is 72.5 Å². The number of hydrogen-bond acceptors (Lipinski definition) is 10. The molecule has 2 aromatic heterocycles. The lowest BCUT2D eigenvalue weighted by atomic mass is 9.80. The summed E-state index contributed by atoms with van der Waals surface area (Å²) in [6, 6.07) is 22.3. The number of nitrogens with zero attached hydrogens (tertiary/aromatic N) is 3. The first kappa shape index (κ1) is 40.8. The van der Waals surface area contributed by atoms with Gasteiger partial charge in [-0.05, 0) is 142 Å². The van der Waals surface area contributed by atoms with Gasteiger partial charge in [-0.15, -0.1) is 0 Å². The molecule has 3 N–H and O–H groups in total. The topological polar surface area (TPSA) is 169 Å². The molecule has 4 heterocycles. The Bertz CT molecular complexity index is 2540. The number of amides is 1. The molecule has 318 valence electrons. The van der Waals surface area contributed by atoms with Gasteiger partial charge in [-0.25, -0.2) is 18.1 Å². The zero-order chi connectivity index (χ0) is 41.9. The van der Waals surface area contributed by atoms with Crippen molar-refractivity contribution in [2.75, 3.05) is 31.6 Å². The van der Waals surface area contributed by atoms with Crippen molar-refractivity contribution in [1.29, 1.82) is 0 Å². The van der Waals surface area contributed by atoms with Crippen LogP contribution in [0.2, 0.25) is 0 Å². The first-order chi connectivity index (χ1) is 29.7. The highest BCUT2D eigenvalue weighted by molar-refractivity contribution is 7.90. The lowest BCUT2D eigenvalue weighted by molar-refractivity contribution is -0.384. The van der Waals surface area contributed by atoms with Crippen LogP contribution >= 0.6 is 0 Å². The standard InChI is InChI=1S/C47H52N6O7S/c54-47(51-61(57,58)40-16-18-43(44(28-40)53(55)56)49-29-31-20-24-59-25-21-31)42-17-12-35(27-45(42)60-39-26-36-19-22-48-46(36)50-30-39)32-9-13-38(14-10-32)52-23-3-5-37(52)15-11-33-4-1-2-6-41(33)34-7-8-34/h1-2,4,6,11-12,15-19,22,26-28,30-32,34,37-38,49H,3,5,7-10,13-14,20-21,23-25,29H2,(H,48,50)(H,51,54)/b15-11+. The Hall–Kier alpha value is -5.57. The largest absolute Gasteiger partial charge is 0.455 e. The van der Waals surface area contributed by atoms with E-state index in [0.717, 1.165) is 62.1 Å². The molecule has 2 aliphatic carbocycles. The highest BCUT2D eigenvalue weighted by Crippen LogP contribution is 2.43. The lowest BCUT2D eigenvalue weighted by Gasteiger charge is -2.37. The highest BCUT2D eigenvalue weighted by Gasteiger charge is 2.34. The molecule has 4 aliphatic rings. The van der Waals surface area contributed by atoms with Gasteiger partial charge in [0.15, 0.2) is 0 Å². The van der Waals surface area contributed by atoms with Crippen LogP contribution in [0.15, 0.2) is 96.2 Å². The van der Waals surface area contributed by atoms with Crippen molar-refractivity contribution in [3.63, 3.8) is 0 Å². The summed E-state index contributed by atoms with van der Waals surface area (Å²) in [6.07, 6.45) is 18.7. The zero-order valence-corrected chi connectivity index (χ0v) is 34.9. The number of benzene rings is 3. The van der Waals surface area contributed by atoms with E-state index in [-0.39, 0.29) is 28.8 Å². The Kier molecular flexibility index (Phi) is 11.9. The Labute approximate surface area is 356 Å². The number of nitro groups is 1. The van der Waals surface area contributed by atoms with Crippen LogP contribution in [0.4, 0.5) is 11.4 Å². The van der Waals surface area contributed by atoms with Crippen molar-refractivity contribution < 1.29 is 27.6 Å². The minimum Gasteiger partial charge on any atom is -0.455 e. The maximum absolute atomic E-state index is 13.9. The number of carbonyl (C=O) groups excluding carboxylic acids is 1. The van der Waals surface area contributed by atoms with E-state index in [1.165, 1.54) is 48.9 Å². The Morgan fingerprint density at radius 1 is 0.951 bits per heavy atom. The van der Waals surface area contributed by atoms with Gasteiger partial charge in [-0.1, -0.05) is 42.5 Å². The van der Waals surface area contributed by atoms with Crippen LogP contribution in [-0.2, 0) is 14.8 Å². The number of nitrogens with one attached hydrogen (secondary N) is 3. The fourth-order valence-corrected chi connectivity index (χ4v) is 10.4. The number of aromatic nitrogens is 2. The van der Waals surface area contributed by atoms with E-state index in [1.807, 2.05) is 18.2 Å². The molecule has 14 heteroatoms. The van der Waals surface area contributed by atoms with E-state index >= 15 is 0 Å². The van der Waals surface area contributed by atoms with Gasteiger partial charge in [0.2, 0.25) is 0 Å². The molecular weight excluding hydrogens is 793 g/mol. The second-order valence-corrected chi connectivity index (χ2v) is 18.6. The summed E-state index contributed by atoms with van der Waals surface area (Å²) in [5.41, 5.74) is 4.34. The first-order valence-corrected chi connectivity index (χ1v) is 23.1. The molecule has 9 rings (SSSR count). The summed E-state index contributed by atoms with van der Waals surface area (Å²) in [4.78, 5) is 35.2. The number of rotatable bonds is 14. The molecule has 0 bridgehead atoms. The molecule has 13 nitrogen and oxygen atoms in total. The molecular formula is C47H52N6O7S. The number of hydrogen-bond donors (Lipinski definition) is 3. The smallest absolute Gasteiger partial charge is 0.293 e. The second-order valence-electron chi connectivity index (χ2n) is 17.0. The van der Waals surface area contributed by atoms with Crippen LogP contribution in [0.25, 0.3) is 17.1 Å². The monoisotopic (exact) mass is 844 g/mol. The van der Waals surface area contributed by atoms with E-state index in [0.29, 0.717) is 49.2 Å². The number of ether oxygens (including phenoxy) is 2. The van der Waals surface area contributed by atoms with E-state index in [9.17, 15) is 23.3 Å². The molecule has 61 heavy (non-hydrogen) atoms. The number of aromatic amines is 1. The quantitative estimate of drug-likeness (QED) is 0.0724. The summed E-state index contributed by atoms with van der Waals surface area (Å²) in [7, 11) is -4.53. The van der Waals surface area contributed by atoms with Crippen LogP contribution in [0.3, 0.4) is 0 Å². The summed E-state index contributed by atoms with van der Waals surface area (Å²) in [5.74, 6) is 0.882. The maximum Gasteiger partial charge on any atom is 0.293 e. The van der Waals surface area contributed by atoms with Crippen LogP contribution in [0, 0.1) is 16.0 Å². The van der Waals surface area contributed by atoms with E-state index in [1.54, 1.807) is 24.5 Å². The number of sulfonamides is 1. The molecule has 0 radical (unpaired) electrons. The summed E-state index contributed by atoms with van der Waals surface area (Å²) < 4.78 is 41.3. The average molecular weight is 845 g/mol. The Balaban J connectivity index is 0.911. The van der Waals surface area contributed by atoms with Crippen molar-refractivity contribution >= 4 is 44.4 Å². The maximum atomic E-state index is 13.9. The second kappa shape index (κ2) is 17.8. The van der Waals surface area contributed by atoms with Gasteiger partial charge in [0.05, 0.1) is 21.6 Å². The van der Waals surface area contributed by atoms with E-state index in [2.05, 4.69) is 61.3 Å². The predicted molar refractivity (Wildman–Crippen MR) is 235 cm³/mol. The normalized spacial score (nSPS) is 21.5. The molecule has 5 aromatic rings. The van der Waals surface area contributed by atoms with Crippen molar-refractivity contribution in [1.82, 2.24) is 19.6 Å². The lowest BCUT2D eigenvalue weighted by Crippen LogP contribution is -2.40. The molecule has 2 saturated heterocycles. The molecule has 4 fully saturated rings. The average Bonchev–Trinajstić information content (AvgIpc) is 3.83. The summed E-state index contributed by atoms with van der Waals surface area (Å²) in [6.45, 7) is 2.86. The SMILES string of the molecule is O=C(NS(=O)(=O)c1ccc(NCC2CCOCC2)c([N+](=O)[O-])c1)c1ccc(C2CCC(N3CCCC3/C=C/c3ccccc3C3CC3)CC2)cc1Oc1cnc2[nH]ccc2c1. The summed E-state index contributed by atoms with van der Waals surface area (Å²) >= 11 is 0. The van der Waals surface area contributed by atoms with Crippen molar-refractivity contribution in [2.24, 2.45) is 5.92 Å². The minimum atomic E-state index is -4.53. The van der Waals surface area contributed by atoms with Crippen LogP contribution in [0.5, 0.6) is 11.5 Å². The van der Waals surface area contributed by atoms with Crippen LogP contribution in [0.1, 0.15) is 103 Å². The first-order valence-electron chi connectivity index (χ1n) is 21.6. The number of carbonyl (C=O) groups is 1. The fourth-order valence-electron chi connectivity index (χ4n) is 9.45. The minimum absolute atomic E-state index is 0.00868. The Morgan fingerprint density at radius 3 is 2.56 bits per heavy atom. The van der Waals surface area contributed by atoms with E-state index < -0.39 is 31.4 Å². The van der Waals surface area contributed by atoms with Gasteiger partial charge < -0.3 is 19.8 Å². The number of anilines is 1. The predicted octanol–water partition coefficient (Wildman–Crippen LogP) is 9.30. The van der Waals surface area contributed by atoms with Gasteiger partial charge in [0.1, 0.15) is 22.8 Å². The van der Waals surface area contributed by atoms with Crippen LogP contribution < -0.4 is 14.8 Å². The third-order valence-electron chi connectivity index (χ3n) is 13.0. The highest BCUT2D eigenvalue weighted by atomic mass is 32.2. The molecule has 2 saturated carbocycles.